The number of nitrogens with zero attached hydrogens (tertiary/aromatic N) is 1. The number of aliphatic hydroxyl groups is 1. The van der Waals surface area contributed by atoms with Gasteiger partial charge in [0.25, 0.3) is 0 Å². The van der Waals surface area contributed by atoms with Crippen LogP contribution in [0.25, 0.3) is 0 Å². The van der Waals surface area contributed by atoms with Gasteiger partial charge in [-0.15, -0.1) is 0 Å². The molecule has 0 unspecified atom stereocenters. The Morgan fingerprint density at radius 1 is 1.14 bits per heavy atom. The molecule has 4 aliphatic carbocycles. The van der Waals surface area contributed by atoms with Gasteiger partial charge in [-0.05, 0) is 92.4 Å². The number of hydrogen-bond donors (Lipinski definition) is 1. The van der Waals surface area contributed by atoms with Gasteiger partial charge < -0.3 is 9.94 Å². The molecule has 0 aromatic rings. The second-order valence-electron chi connectivity index (χ2n) is 10.3. The van der Waals surface area contributed by atoms with Crippen LogP contribution in [0.15, 0.2) is 28.5 Å². The molecule has 28 heavy (non-hydrogen) atoms. The third-order valence-electron chi connectivity index (χ3n) is 8.84. The summed E-state index contributed by atoms with van der Waals surface area (Å²) in [4.78, 5) is 5.59. The van der Waals surface area contributed by atoms with Gasteiger partial charge in [0.1, 0.15) is 6.61 Å². The van der Waals surface area contributed by atoms with Gasteiger partial charge >= 0.3 is 0 Å². The van der Waals surface area contributed by atoms with Gasteiger partial charge in [0, 0.05) is 0 Å². The van der Waals surface area contributed by atoms with Crippen LogP contribution < -0.4 is 0 Å². The number of unbranched alkanes of at least 4 members (excludes halogenated alkanes) is 1. The highest BCUT2D eigenvalue weighted by Gasteiger charge is 2.56. The third-order valence-corrected chi connectivity index (χ3v) is 8.84. The van der Waals surface area contributed by atoms with Gasteiger partial charge in [-0.25, -0.2) is 0 Å². The molecule has 0 saturated heterocycles. The highest BCUT2D eigenvalue weighted by Crippen LogP contribution is 2.65. The molecule has 0 spiro atoms. The van der Waals surface area contributed by atoms with Crippen molar-refractivity contribution in [2.24, 2.45) is 33.7 Å². The molecule has 4 aliphatic rings. The van der Waals surface area contributed by atoms with E-state index in [-0.39, 0.29) is 11.5 Å². The average molecular weight is 386 g/mol. The smallest absolute Gasteiger partial charge is 0.117 e. The maximum atomic E-state index is 10.2. The zero-order chi connectivity index (χ0) is 19.9. The molecule has 0 heterocycles. The maximum Gasteiger partial charge on any atom is 0.117 e. The molecule has 1 N–H and O–H groups in total. The Kier molecular flexibility index (Phi) is 5.50. The van der Waals surface area contributed by atoms with E-state index in [1.165, 1.54) is 31.3 Å². The van der Waals surface area contributed by atoms with Crippen LogP contribution in [0.4, 0.5) is 0 Å². The summed E-state index contributed by atoms with van der Waals surface area (Å²) in [6, 6.07) is 0. The molecule has 2 saturated carbocycles. The van der Waals surface area contributed by atoms with Gasteiger partial charge in [-0.3, -0.25) is 0 Å². The highest BCUT2D eigenvalue weighted by atomic mass is 16.6. The molecular weight excluding hydrogens is 346 g/mol. The maximum absolute atomic E-state index is 10.2. The van der Waals surface area contributed by atoms with Gasteiger partial charge in [0.15, 0.2) is 0 Å². The minimum atomic E-state index is -0.115. The SMILES string of the molecule is CCCCO/N=C(/C)C1=CC[C@H]2[C@@H]3CC=C4C[C@@H](O)CC[C@]4(C)[C@H]3CC[C@]12C. The Morgan fingerprint density at radius 2 is 1.93 bits per heavy atom. The molecule has 0 aliphatic heterocycles. The van der Waals surface area contributed by atoms with E-state index in [0.29, 0.717) is 5.41 Å². The fraction of sp³-hybridized carbons (Fsp3) is 0.800. The summed E-state index contributed by atoms with van der Waals surface area (Å²) in [7, 11) is 0. The van der Waals surface area contributed by atoms with E-state index in [9.17, 15) is 5.11 Å². The Labute approximate surface area is 171 Å². The molecule has 2 fully saturated rings. The van der Waals surface area contributed by atoms with Crippen LogP contribution in [0, 0.1) is 28.6 Å². The molecule has 0 bridgehead atoms. The lowest BCUT2D eigenvalue weighted by Crippen LogP contribution is -2.50. The van der Waals surface area contributed by atoms with Crippen molar-refractivity contribution < 1.29 is 9.94 Å². The van der Waals surface area contributed by atoms with E-state index in [1.807, 2.05) is 0 Å². The number of allylic oxidation sites excluding steroid dienone is 3. The van der Waals surface area contributed by atoms with Crippen LogP contribution in [0.1, 0.15) is 85.5 Å². The quantitative estimate of drug-likeness (QED) is 0.271. The van der Waals surface area contributed by atoms with Gasteiger partial charge in [0.2, 0.25) is 0 Å². The van der Waals surface area contributed by atoms with E-state index in [1.54, 1.807) is 5.57 Å². The highest BCUT2D eigenvalue weighted by molar-refractivity contribution is 5.99. The van der Waals surface area contributed by atoms with E-state index in [2.05, 4.69) is 45.0 Å². The molecule has 0 aromatic heterocycles. The van der Waals surface area contributed by atoms with E-state index >= 15 is 0 Å². The first-order chi connectivity index (χ1) is 13.4. The summed E-state index contributed by atoms with van der Waals surface area (Å²) in [5.74, 6) is 2.28. The summed E-state index contributed by atoms with van der Waals surface area (Å²) in [5, 5.41) is 14.7. The Bertz CT molecular complexity index is 693. The summed E-state index contributed by atoms with van der Waals surface area (Å²) in [6.07, 6.45) is 15.1. The van der Waals surface area contributed by atoms with Crippen LogP contribution in [-0.2, 0) is 4.84 Å². The van der Waals surface area contributed by atoms with Crippen molar-refractivity contribution in [3.05, 3.63) is 23.3 Å². The zero-order valence-electron chi connectivity index (χ0n) is 18.3. The molecule has 3 nitrogen and oxygen atoms in total. The van der Waals surface area contributed by atoms with E-state index in [4.69, 9.17) is 4.84 Å². The van der Waals surface area contributed by atoms with Crippen molar-refractivity contribution >= 4 is 5.71 Å². The molecule has 0 radical (unpaired) electrons. The first-order valence-electron chi connectivity index (χ1n) is 11.6. The molecule has 4 rings (SSSR count). The Balaban J connectivity index is 1.53. The van der Waals surface area contributed by atoms with Crippen molar-refractivity contribution in [2.45, 2.75) is 91.6 Å². The zero-order valence-corrected chi connectivity index (χ0v) is 18.3. The molecule has 156 valence electrons. The monoisotopic (exact) mass is 385 g/mol. The van der Waals surface area contributed by atoms with Crippen LogP contribution in [0.3, 0.4) is 0 Å². The fourth-order valence-corrected chi connectivity index (χ4v) is 7.17. The van der Waals surface area contributed by atoms with Gasteiger partial charge in [-0.2, -0.15) is 0 Å². The topological polar surface area (TPSA) is 41.8 Å². The summed E-state index contributed by atoms with van der Waals surface area (Å²) >= 11 is 0. The molecule has 0 amide bonds. The first-order valence-corrected chi connectivity index (χ1v) is 11.6. The number of rotatable bonds is 5. The van der Waals surface area contributed by atoms with Crippen molar-refractivity contribution in [3.63, 3.8) is 0 Å². The second-order valence-corrected chi connectivity index (χ2v) is 10.3. The lowest BCUT2D eigenvalue weighted by atomic mass is 9.47. The summed E-state index contributed by atoms with van der Waals surface area (Å²) in [6.45, 7) is 10.0. The van der Waals surface area contributed by atoms with Gasteiger partial charge in [0.05, 0.1) is 11.8 Å². The fourth-order valence-electron chi connectivity index (χ4n) is 7.17. The lowest BCUT2D eigenvalue weighted by molar-refractivity contribution is -0.0280. The first kappa shape index (κ1) is 20.2. The predicted molar refractivity (Wildman–Crippen MR) is 115 cm³/mol. The summed E-state index contributed by atoms with van der Waals surface area (Å²) < 4.78 is 0. The standard InChI is InChI=1S/C25H39NO2/c1-5-6-15-28-26-17(2)21-9-10-22-20-8-7-18-16-19(27)11-13-24(18,3)23(20)12-14-25(21,22)4/h7,9,19-20,22-23,27H,5-6,8,10-16H2,1-4H3/b26-17-/t19-,20-,22-,23-,24-,25+/m0/s1. The Morgan fingerprint density at radius 3 is 2.71 bits per heavy atom. The van der Waals surface area contributed by atoms with Crippen molar-refractivity contribution in [3.8, 4) is 0 Å². The van der Waals surface area contributed by atoms with Crippen molar-refractivity contribution in [2.75, 3.05) is 6.61 Å². The minimum absolute atomic E-state index is 0.115. The largest absolute Gasteiger partial charge is 0.396 e. The summed E-state index contributed by atoms with van der Waals surface area (Å²) in [5.41, 5.74) is 4.67. The average Bonchev–Trinajstić information content (AvgIpc) is 3.03. The van der Waals surface area contributed by atoms with Crippen molar-refractivity contribution in [1.82, 2.24) is 0 Å². The number of fused-ring (bicyclic) bond motifs is 5. The molecule has 3 heteroatoms. The molecule has 6 atom stereocenters. The van der Waals surface area contributed by atoms with Crippen molar-refractivity contribution in [1.29, 1.82) is 0 Å². The second kappa shape index (κ2) is 7.63. The molecular formula is C25H39NO2. The van der Waals surface area contributed by atoms with Crippen LogP contribution in [-0.4, -0.2) is 23.5 Å². The van der Waals surface area contributed by atoms with Crippen LogP contribution >= 0.6 is 0 Å². The van der Waals surface area contributed by atoms with E-state index in [0.717, 1.165) is 62.2 Å². The van der Waals surface area contributed by atoms with E-state index < -0.39 is 0 Å². The number of oxime groups is 1. The predicted octanol–water partition coefficient (Wildman–Crippen LogP) is 6.04. The van der Waals surface area contributed by atoms with Gasteiger partial charge in [-0.1, -0.05) is 50.1 Å². The van der Waals surface area contributed by atoms with Crippen LogP contribution in [0.5, 0.6) is 0 Å². The number of aliphatic hydroxyl groups excluding tert-OH is 1. The Hall–Kier alpha value is -1.09. The lowest BCUT2D eigenvalue weighted by Gasteiger charge is -2.57. The van der Waals surface area contributed by atoms with Crippen LogP contribution in [0.2, 0.25) is 0 Å². The molecule has 0 aromatic carbocycles. The number of hydrogen-bond acceptors (Lipinski definition) is 3. The normalized spacial score (nSPS) is 42.8. The third kappa shape index (κ3) is 3.18. The minimum Gasteiger partial charge on any atom is -0.396 e.